The second-order valence-electron chi connectivity index (χ2n) is 7.15. The standard InChI is InChI=1S/C22H27N3O2/c1-17(26)24(2)21-12-14-25(15-13-21)16-18-8-10-19(11-9-18)22(27)23-20-6-4-3-5-7-20/h3-11,21H,12-16H2,1-2H3,(H,23,27). The number of hydrogen-bond donors (Lipinski definition) is 1. The summed E-state index contributed by atoms with van der Waals surface area (Å²) < 4.78 is 0. The molecule has 0 unspecified atom stereocenters. The van der Waals surface area contributed by atoms with Gasteiger partial charge >= 0.3 is 0 Å². The number of anilines is 1. The highest BCUT2D eigenvalue weighted by molar-refractivity contribution is 6.04. The molecule has 0 aliphatic carbocycles. The fourth-order valence-electron chi connectivity index (χ4n) is 3.47. The van der Waals surface area contributed by atoms with Gasteiger partial charge in [-0.1, -0.05) is 30.3 Å². The maximum atomic E-state index is 12.3. The van der Waals surface area contributed by atoms with Crippen LogP contribution in [0.5, 0.6) is 0 Å². The number of carbonyl (C=O) groups is 2. The highest BCUT2D eigenvalue weighted by atomic mass is 16.2. The van der Waals surface area contributed by atoms with E-state index in [1.807, 2.05) is 66.5 Å². The monoisotopic (exact) mass is 365 g/mol. The molecule has 1 fully saturated rings. The molecule has 1 N–H and O–H groups in total. The molecule has 1 heterocycles. The normalized spacial score (nSPS) is 15.3. The van der Waals surface area contributed by atoms with E-state index in [1.165, 1.54) is 5.56 Å². The Balaban J connectivity index is 1.51. The van der Waals surface area contributed by atoms with E-state index in [2.05, 4.69) is 10.2 Å². The number of rotatable bonds is 5. The Morgan fingerprint density at radius 1 is 1.04 bits per heavy atom. The molecular weight excluding hydrogens is 338 g/mol. The maximum Gasteiger partial charge on any atom is 0.255 e. The molecule has 0 radical (unpaired) electrons. The molecule has 3 rings (SSSR count). The van der Waals surface area contributed by atoms with Gasteiger partial charge in [0.15, 0.2) is 0 Å². The Morgan fingerprint density at radius 3 is 2.26 bits per heavy atom. The molecule has 0 bridgehead atoms. The summed E-state index contributed by atoms with van der Waals surface area (Å²) in [5.74, 6) is 0.0404. The van der Waals surface area contributed by atoms with Crippen LogP contribution in [0.1, 0.15) is 35.7 Å². The van der Waals surface area contributed by atoms with Crippen molar-refractivity contribution in [2.45, 2.75) is 32.4 Å². The summed E-state index contributed by atoms with van der Waals surface area (Å²) in [4.78, 5) is 28.1. The van der Waals surface area contributed by atoms with Crippen LogP contribution in [0.4, 0.5) is 5.69 Å². The van der Waals surface area contributed by atoms with E-state index in [0.717, 1.165) is 38.2 Å². The first-order valence-corrected chi connectivity index (χ1v) is 9.44. The fourth-order valence-corrected chi connectivity index (χ4v) is 3.47. The van der Waals surface area contributed by atoms with Crippen molar-refractivity contribution in [3.05, 3.63) is 65.7 Å². The first kappa shape index (κ1) is 19.1. The third-order valence-corrected chi connectivity index (χ3v) is 5.26. The molecule has 0 atom stereocenters. The van der Waals surface area contributed by atoms with Gasteiger partial charge < -0.3 is 10.2 Å². The highest BCUT2D eigenvalue weighted by Gasteiger charge is 2.23. The van der Waals surface area contributed by atoms with E-state index in [9.17, 15) is 9.59 Å². The van der Waals surface area contributed by atoms with Gasteiger partial charge in [-0.3, -0.25) is 14.5 Å². The average Bonchev–Trinajstić information content (AvgIpc) is 2.69. The van der Waals surface area contributed by atoms with Gasteiger partial charge in [-0.15, -0.1) is 0 Å². The van der Waals surface area contributed by atoms with E-state index in [0.29, 0.717) is 11.6 Å². The van der Waals surface area contributed by atoms with Crippen molar-refractivity contribution in [2.75, 3.05) is 25.5 Å². The zero-order chi connectivity index (χ0) is 19.2. The van der Waals surface area contributed by atoms with Crippen molar-refractivity contribution < 1.29 is 9.59 Å². The third kappa shape index (κ3) is 5.17. The van der Waals surface area contributed by atoms with Gasteiger partial charge in [0, 0.05) is 50.9 Å². The van der Waals surface area contributed by atoms with Crippen LogP contribution >= 0.6 is 0 Å². The van der Waals surface area contributed by atoms with Crippen LogP contribution in [0.15, 0.2) is 54.6 Å². The molecular formula is C22H27N3O2. The Labute approximate surface area is 161 Å². The van der Waals surface area contributed by atoms with Gasteiger partial charge in [-0.05, 0) is 42.7 Å². The van der Waals surface area contributed by atoms with E-state index in [1.54, 1.807) is 6.92 Å². The SMILES string of the molecule is CC(=O)N(C)C1CCN(Cc2ccc(C(=O)Nc3ccccc3)cc2)CC1. The summed E-state index contributed by atoms with van der Waals surface area (Å²) in [5, 5.41) is 2.90. The smallest absolute Gasteiger partial charge is 0.255 e. The van der Waals surface area contributed by atoms with E-state index >= 15 is 0 Å². The molecule has 2 aromatic rings. The number of amides is 2. The maximum absolute atomic E-state index is 12.3. The molecule has 0 saturated carbocycles. The Hall–Kier alpha value is -2.66. The minimum atomic E-state index is -0.0964. The fraction of sp³-hybridized carbons (Fsp3) is 0.364. The van der Waals surface area contributed by atoms with Crippen molar-refractivity contribution in [2.24, 2.45) is 0 Å². The van der Waals surface area contributed by atoms with Crippen LogP contribution in [0.3, 0.4) is 0 Å². The van der Waals surface area contributed by atoms with E-state index in [4.69, 9.17) is 0 Å². The van der Waals surface area contributed by atoms with E-state index < -0.39 is 0 Å². The predicted molar refractivity (Wildman–Crippen MR) is 108 cm³/mol. The van der Waals surface area contributed by atoms with Crippen LogP contribution in [0.2, 0.25) is 0 Å². The largest absolute Gasteiger partial charge is 0.343 e. The summed E-state index contributed by atoms with van der Waals surface area (Å²) >= 11 is 0. The molecule has 5 heteroatoms. The first-order chi connectivity index (χ1) is 13.0. The average molecular weight is 365 g/mol. The molecule has 27 heavy (non-hydrogen) atoms. The molecule has 1 aliphatic rings. The molecule has 1 saturated heterocycles. The summed E-state index contributed by atoms with van der Waals surface area (Å²) in [7, 11) is 1.89. The zero-order valence-corrected chi connectivity index (χ0v) is 16.0. The molecule has 1 aliphatic heterocycles. The van der Waals surface area contributed by atoms with Gasteiger partial charge in [0.25, 0.3) is 5.91 Å². The van der Waals surface area contributed by atoms with Gasteiger partial charge in [0.2, 0.25) is 5.91 Å². The summed E-state index contributed by atoms with van der Waals surface area (Å²) in [6.45, 7) is 4.47. The quantitative estimate of drug-likeness (QED) is 0.884. The van der Waals surface area contributed by atoms with E-state index in [-0.39, 0.29) is 11.8 Å². The van der Waals surface area contributed by atoms with Crippen molar-refractivity contribution >= 4 is 17.5 Å². The van der Waals surface area contributed by atoms with Gasteiger partial charge in [0.05, 0.1) is 0 Å². The first-order valence-electron chi connectivity index (χ1n) is 9.44. The second-order valence-corrected chi connectivity index (χ2v) is 7.15. The number of nitrogens with one attached hydrogen (secondary N) is 1. The van der Waals surface area contributed by atoms with Crippen LogP contribution < -0.4 is 5.32 Å². The Morgan fingerprint density at radius 2 is 1.67 bits per heavy atom. The summed E-state index contributed by atoms with van der Waals surface area (Å²) in [6.07, 6.45) is 2.02. The lowest BCUT2D eigenvalue weighted by molar-refractivity contribution is -0.130. The van der Waals surface area contributed by atoms with Crippen LogP contribution in [0.25, 0.3) is 0 Å². The molecule has 2 amide bonds. The number of hydrogen-bond acceptors (Lipinski definition) is 3. The van der Waals surface area contributed by atoms with Crippen molar-refractivity contribution in [1.82, 2.24) is 9.80 Å². The lowest BCUT2D eigenvalue weighted by atomic mass is 10.0. The lowest BCUT2D eigenvalue weighted by Gasteiger charge is -2.36. The summed E-state index contributed by atoms with van der Waals surface area (Å²) in [6, 6.07) is 17.6. The van der Waals surface area contributed by atoms with Gasteiger partial charge in [-0.25, -0.2) is 0 Å². The number of piperidine rings is 1. The molecule has 0 spiro atoms. The minimum absolute atomic E-state index is 0.0964. The second kappa shape index (κ2) is 8.82. The number of benzene rings is 2. The number of nitrogens with zero attached hydrogens (tertiary/aromatic N) is 2. The summed E-state index contributed by atoms with van der Waals surface area (Å²) in [5.41, 5.74) is 2.65. The van der Waals surface area contributed by atoms with Crippen molar-refractivity contribution in [3.63, 3.8) is 0 Å². The molecule has 5 nitrogen and oxygen atoms in total. The number of para-hydroxylation sites is 1. The topological polar surface area (TPSA) is 52.7 Å². The van der Waals surface area contributed by atoms with Gasteiger partial charge in [-0.2, -0.15) is 0 Å². The van der Waals surface area contributed by atoms with Crippen molar-refractivity contribution in [1.29, 1.82) is 0 Å². The number of likely N-dealkylation sites (tertiary alicyclic amines) is 1. The lowest BCUT2D eigenvalue weighted by Crippen LogP contribution is -2.44. The molecule has 0 aromatic heterocycles. The number of carbonyl (C=O) groups excluding carboxylic acids is 2. The van der Waals surface area contributed by atoms with Crippen LogP contribution in [0, 0.1) is 0 Å². The predicted octanol–water partition coefficient (Wildman–Crippen LogP) is 3.38. The molecule has 142 valence electrons. The minimum Gasteiger partial charge on any atom is -0.343 e. The third-order valence-electron chi connectivity index (χ3n) is 5.26. The Kier molecular flexibility index (Phi) is 6.24. The van der Waals surface area contributed by atoms with Crippen LogP contribution in [-0.4, -0.2) is 47.8 Å². The Bertz CT molecular complexity index is 766. The zero-order valence-electron chi connectivity index (χ0n) is 16.0. The van der Waals surface area contributed by atoms with Crippen molar-refractivity contribution in [3.8, 4) is 0 Å². The van der Waals surface area contributed by atoms with Crippen LogP contribution in [-0.2, 0) is 11.3 Å². The molecule has 2 aromatic carbocycles. The highest BCUT2D eigenvalue weighted by Crippen LogP contribution is 2.18. The van der Waals surface area contributed by atoms with Gasteiger partial charge in [0.1, 0.15) is 0 Å².